The lowest BCUT2D eigenvalue weighted by atomic mass is 9.84. The largest absolute Gasteiger partial charge is 0.511 e. The Morgan fingerprint density at radius 3 is 1.88 bits per heavy atom. The third kappa shape index (κ3) is 6.01. The van der Waals surface area contributed by atoms with Crippen molar-refractivity contribution in [3.63, 3.8) is 0 Å². The van der Waals surface area contributed by atoms with Gasteiger partial charge in [0.2, 0.25) is 5.28 Å². The van der Waals surface area contributed by atoms with Crippen molar-refractivity contribution in [3.05, 3.63) is 98.7 Å². The highest BCUT2D eigenvalue weighted by atomic mass is 35.5. The van der Waals surface area contributed by atoms with Crippen molar-refractivity contribution < 1.29 is 21.6 Å². The number of nitrogens with one attached hydrogen (secondary N) is 1. The predicted molar refractivity (Wildman–Crippen MR) is 152 cm³/mol. The second-order valence-corrected chi connectivity index (χ2v) is 12.6. The first-order valence-electron chi connectivity index (χ1n) is 12.2. The summed E-state index contributed by atoms with van der Waals surface area (Å²) in [7, 11) is -5.37. The number of hydrogen-bond donors (Lipinski definition) is 1. The number of hydrogen-bond acceptors (Lipinski definition) is 5. The summed E-state index contributed by atoms with van der Waals surface area (Å²) in [5.41, 5.74) is -1.83. The summed E-state index contributed by atoms with van der Waals surface area (Å²) in [5.74, 6) is 0.234. The standard InChI is InChI=1S/C27H22Cl3F3N4O2S/c28-19-6-1-16(2-7-19)24(17-3-8-20(29)9-4-17)18-5-10-23-22(15-18)25(36-26(30)35-23)34-21-11-13-37(14-12-21)40(38,39)27(31,32)33/h1-10,15,21,24H,11-14H2,(H,34,35,36). The summed E-state index contributed by atoms with van der Waals surface area (Å²) in [6.07, 6.45) is 0.326. The van der Waals surface area contributed by atoms with Gasteiger partial charge in [-0.25, -0.2) is 18.4 Å². The fraction of sp³-hybridized carbons (Fsp3) is 0.259. The fourth-order valence-electron chi connectivity index (χ4n) is 4.88. The van der Waals surface area contributed by atoms with Crippen LogP contribution in [0.2, 0.25) is 15.3 Å². The first kappa shape index (κ1) is 28.9. The summed E-state index contributed by atoms with van der Waals surface area (Å²) < 4.78 is 63.0. The topological polar surface area (TPSA) is 75.2 Å². The zero-order valence-corrected chi connectivity index (χ0v) is 23.8. The molecule has 0 aliphatic carbocycles. The van der Waals surface area contributed by atoms with Gasteiger partial charge in [-0.15, -0.1) is 0 Å². The molecule has 1 N–H and O–H groups in total. The second-order valence-electron chi connectivity index (χ2n) is 9.42. The van der Waals surface area contributed by atoms with Gasteiger partial charge < -0.3 is 5.32 Å². The molecule has 0 spiro atoms. The molecule has 0 radical (unpaired) electrons. The van der Waals surface area contributed by atoms with Gasteiger partial charge in [0.05, 0.1) is 5.52 Å². The van der Waals surface area contributed by atoms with Crippen LogP contribution < -0.4 is 5.32 Å². The number of alkyl halides is 3. The molecule has 0 amide bonds. The van der Waals surface area contributed by atoms with E-state index in [2.05, 4.69) is 15.3 Å². The molecule has 1 aliphatic heterocycles. The molecular weight excluding hydrogens is 608 g/mol. The first-order chi connectivity index (χ1) is 18.9. The van der Waals surface area contributed by atoms with Crippen LogP contribution >= 0.6 is 34.8 Å². The molecule has 2 heterocycles. The molecule has 1 aliphatic rings. The molecule has 1 fully saturated rings. The zero-order valence-electron chi connectivity index (χ0n) is 20.7. The lowest BCUT2D eigenvalue weighted by molar-refractivity contribution is -0.0494. The number of anilines is 1. The van der Waals surface area contributed by atoms with E-state index >= 15 is 0 Å². The molecule has 5 rings (SSSR count). The quantitative estimate of drug-likeness (QED) is 0.177. The average Bonchev–Trinajstić information content (AvgIpc) is 2.91. The summed E-state index contributed by atoms with van der Waals surface area (Å²) in [5, 5.41) is 5.16. The molecule has 0 bridgehead atoms. The van der Waals surface area contributed by atoms with Crippen LogP contribution in [0.3, 0.4) is 0 Å². The molecular formula is C27H22Cl3F3N4O2S. The van der Waals surface area contributed by atoms with Crippen LogP contribution in [-0.4, -0.2) is 47.3 Å². The third-order valence-electron chi connectivity index (χ3n) is 6.86. The van der Waals surface area contributed by atoms with Crippen molar-refractivity contribution in [1.29, 1.82) is 0 Å². The highest BCUT2D eigenvalue weighted by Crippen LogP contribution is 2.36. The van der Waals surface area contributed by atoms with Gasteiger partial charge in [-0.1, -0.05) is 53.5 Å². The SMILES string of the molecule is O=S(=O)(N1CCC(Nc2nc(Cl)nc3ccc(C(c4ccc(Cl)cc4)c4ccc(Cl)cc4)cc23)CC1)C(F)(F)F. The summed E-state index contributed by atoms with van der Waals surface area (Å²) in [6.45, 7) is -0.534. The van der Waals surface area contributed by atoms with Crippen molar-refractivity contribution in [2.24, 2.45) is 0 Å². The first-order valence-corrected chi connectivity index (χ1v) is 14.8. The molecule has 40 heavy (non-hydrogen) atoms. The van der Waals surface area contributed by atoms with Crippen LogP contribution in [0, 0.1) is 0 Å². The lowest BCUT2D eigenvalue weighted by Gasteiger charge is -2.32. The second kappa shape index (κ2) is 11.3. The van der Waals surface area contributed by atoms with E-state index < -0.39 is 15.5 Å². The van der Waals surface area contributed by atoms with Crippen molar-refractivity contribution in [3.8, 4) is 0 Å². The van der Waals surface area contributed by atoms with E-state index in [0.717, 1.165) is 16.7 Å². The van der Waals surface area contributed by atoms with Gasteiger partial charge in [0.1, 0.15) is 5.82 Å². The lowest BCUT2D eigenvalue weighted by Crippen LogP contribution is -2.47. The van der Waals surface area contributed by atoms with Crippen LogP contribution in [-0.2, 0) is 10.0 Å². The number of sulfonamides is 1. The van der Waals surface area contributed by atoms with E-state index in [-0.39, 0.29) is 43.2 Å². The maximum absolute atomic E-state index is 13.0. The summed E-state index contributed by atoms with van der Waals surface area (Å²) in [6, 6.07) is 20.5. The van der Waals surface area contributed by atoms with Crippen LogP contribution in [0.25, 0.3) is 10.9 Å². The van der Waals surface area contributed by atoms with E-state index in [1.165, 1.54) is 0 Å². The molecule has 0 unspecified atom stereocenters. The van der Waals surface area contributed by atoms with Crippen LogP contribution in [0.4, 0.5) is 19.0 Å². The molecule has 0 atom stereocenters. The molecule has 1 aromatic heterocycles. The third-order valence-corrected chi connectivity index (χ3v) is 9.16. The van der Waals surface area contributed by atoms with E-state index in [0.29, 0.717) is 31.1 Å². The summed E-state index contributed by atoms with van der Waals surface area (Å²) in [4.78, 5) is 8.70. The van der Waals surface area contributed by atoms with Gasteiger partial charge in [0.25, 0.3) is 0 Å². The number of piperidine rings is 1. The Balaban J connectivity index is 1.48. The van der Waals surface area contributed by atoms with Gasteiger partial charge in [-0.2, -0.15) is 17.5 Å². The maximum atomic E-state index is 13.0. The number of aromatic nitrogens is 2. The highest BCUT2D eigenvalue weighted by molar-refractivity contribution is 7.90. The zero-order chi connectivity index (χ0) is 28.7. The Bertz CT molecular complexity index is 1580. The predicted octanol–water partition coefficient (Wildman–Crippen LogP) is 7.50. The van der Waals surface area contributed by atoms with Crippen molar-refractivity contribution in [2.45, 2.75) is 30.3 Å². The van der Waals surface area contributed by atoms with Crippen molar-refractivity contribution in [1.82, 2.24) is 14.3 Å². The fourth-order valence-corrected chi connectivity index (χ4v) is 6.29. The van der Waals surface area contributed by atoms with Crippen LogP contribution in [0.1, 0.15) is 35.4 Å². The number of rotatable bonds is 6. The minimum Gasteiger partial charge on any atom is -0.367 e. The number of fused-ring (bicyclic) bond motifs is 1. The van der Waals surface area contributed by atoms with Crippen molar-refractivity contribution in [2.75, 3.05) is 18.4 Å². The molecule has 0 saturated carbocycles. The van der Waals surface area contributed by atoms with E-state index in [1.807, 2.05) is 66.7 Å². The molecule has 1 saturated heterocycles. The van der Waals surface area contributed by atoms with E-state index in [4.69, 9.17) is 34.8 Å². The van der Waals surface area contributed by atoms with E-state index in [9.17, 15) is 21.6 Å². The highest BCUT2D eigenvalue weighted by Gasteiger charge is 2.50. The Morgan fingerprint density at radius 2 is 1.35 bits per heavy atom. The molecule has 6 nitrogen and oxygen atoms in total. The minimum atomic E-state index is -5.37. The molecule has 3 aromatic carbocycles. The Labute approximate surface area is 244 Å². The Morgan fingerprint density at radius 1 is 0.825 bits per heavy atom. The van der Waals surface area contributed by atoms with Gasteiger partial charge in [-0.3, -0.25) is 0 Å². The number of nitrogens with zero attached hydrogens (tertiary/aromatic N) is 3. The summed E-state index contributed by atoms with van der Waals surface area (Å²) >= 11 is 18.5. The normalized spacial score (nSPS) is 15.6. The molecule has 4 aromatic rings. The number of benzene rings is 3. The average molecular weight is 630 g/mol. The van der Waals surface area contributed by atoms with Gasteiger partial charge in [0.15, 0.2) is 0 Å². The van der Waals surface area contributed by atoms with Gasteiger partial charge >= 0.3 is 15.5 Å². The Hall–Kier alpha value is -2.63. The van der Waals surface area contributed by atoms with Crippen LogP contribution in [0.15, 0.2) is 66.7 Å². The van der Waals surface area contributed by atoms with E-state index in [1.54, 1.807) is 0 Å². The monoisotopic (exact) mass is 628 g/mol. The van der Waals surface area contributed by atoms with Gasteiger partial charge in [0, 0.05) is 40.5 Å². The molecule has 210 valence electrons. The van der Waals surface area contributed by atoms with Gasteiger partial charge in [-0.05, 0) is 77.5 Å². The van der Waals surface area contributed by atoms with Crippen LogP contribution in [0.5, 0.6) is 0 Å². The smallest absolute Gasteiger partial charge is 0.367 e. The Kier molecular flexibility index (Phi) is 8.18. The minimum absolute atomic E-state index is 0.00628. The molecule has 13 heteroatoms. The maximum Gasteiger partial charge on any atom is 0.511 e. The number of halogens is 6. The van der Waals surface area contributed by atoms with Crippen molar-refractivity contribution >= 4 is 61.5 Å².